The number of nitrogens with zero attached hydrogens (tertiary/aromatic N) is 4. The number of carbonyl (C=O) groups is 2. The first-order chi connectivity index (χ1) is 18.6. The number of amides is 1. The smallest absolute Gasteiger partial charge is 0.410 e. The molecule has 0 bridgehead atoms. The van der Waals surface area contributed by atoms with E-state index >= 15 is 0 Å². The molecular weight excluding hydrogens is 546 g/mol. The van der Waals surface area contributed by atoms with Crippen molar-refractivity contribution in [2.24, 2.45) is 5.14 Å². The predicted octanol–water partition coefficient (Wildman–Crippen LogP) is 2.94. The van der Waals surface area contributed by atoms with Gasteiger partial charge in [-0.15, -0.1) is 0 Å². The molecule has 1 amide bonds. The zero-order chi connectivity index (χ0) is 28.2. The highest BCUT2D eigenvalue weighted by Gasteiger charge is 2.27. The van der Waals surface area contributed by atoms with E-state index in [1.165, 1.54) is 12.1 Å². The Balaban J connectivity index is 1.61. The van der Waals surface area contributed by atoms with Crippen LogP contribution in [0.2, 0.25) is 0 Å². The maximum atomic E-state index is 12.4. The summed E-state index contributed by atoms with van der Waals surface area (Å²) < 4.78 is 33.4. The quantitative estimate of drug-likeness (QED) is 0.319. The third-order valence-electron chi connectivity index (χ3n) is 5.77. The molecule has 1 aliphatic rings. The van der Waals surface area contributed by atoms with Crippen LogP contribution in [-0.2, 0) is 39.0 Å². The molecule has 15 heteroatoms. The van der Waals surface area contributed by atoms with Gasteiger partial charge in [0.2, 0.25) is 16.0 Å². The number of aryl methyl sites for hydroxylation is 1. The second kappa shape index (κ2) is 11.9. The van der Waals surface area contributed by atoms with E-state index in [-0.39, 0.29) is 30.6 Å². The SMILES string of the molecule is CCOC(=O)c1sc(Nc2nc3c(c(NCc4ccc(S(N)(=O)=O)cc4)n2)CN(C(=O)OCC)CC3)nc1C. The average molecular weight is 576 g/mol. The van der Waals surface area contributed by atoms with Crippen LogP contribution in [0.25, 0.3) is 0 Å². The van der Waals surface area contributed by atoms with E-state index in [2.05, 4.69) is 25.6 Å². The highest BCUT2D eigenvalue weighted by atomic mass is 32.2. The molecule has 0 radical (unpaired) electrons. The minimum Gasteiger partial charge on any atom is -0.462 e. The van der Waals surface area contributed by atoms with Crippen molar-refractivity contribution in [2.75, 3.05) is 30.4 Å². The Bertz CT molecular complexity index is 1470. The van der Waals surface area contributed by atoms with Gasteiger partial charge < -0.3 is 19.7 Å². The largest absolute Gasteiger partial charge is 0.462 e. The zero-order valence-electron chi connectivity index (χ0n) is 21.7. The number of ether oxygens (including phenoxy) is 2. The molecule has 0 atom stereocenters. The summed E-state index contributed by atoms with van der Waals surface area (Å²) >= 11 is 1.14. The highest BCUT2D eigenvalue weighted by molar-refractivity contribution is 7.89. The predicted molar refractivity (Wildman–Crippen MR) is 144 cm³/mol. The van der Waals surface area contributed by atoms with Crippen LogP contribution in [0.15, 0.2) is 29.2 Å². The lowest BCUT2D eigenvalue weighted by Crippen LogP contribution is -2.37. The fraction of sp³-hybridized carbons (Fsp3) is 0.375. The molecule has 2 aromatic heterocycles. The molecule has 0 aliphatic carbocycles. The van der Waals surface area contributed by atoms with Crippen LogP contribution in [0.3, 0.4) is 0 Å². The molecular formula is C24H29N7O6S2. The Kier molecular flexibility index (Phi) is 8.62. The summed E-state index contributed by atoms with van der Waals surface area (Å²) in [6.07, 6.45) is 0.0632. The van der Waals surface area contributed by atoms with E-state index in [1.54, 1.807) is 37.8 Å². The van der Waals surface area contributed by atoms with Gasteiger partial charge in [-0.05, 0) is 38.5 Å². The number of fused-ring (bicyclic) bond motifs is 1. The Morgan fingerprint density at radius 1 is 1.10 bits per heavy atom. The molecule has 0 unspecified atom stereocenters. The van der Waals surface area contributed by atoms with Crippen molar-refractivity contribution in [1.29, 1.82) is 0 Å². The molecule has 3 heterocycles. The zero-order valence-corrected chi connectivity index (χ0v) is 23.3. The number of nitrogens with two attached hydrogens (primary N) is 1. The van der Waals surface area contributed by atoms with E-state index in [0.717, 1.165) is 28.2 Å². The molecule has 4 rings (SSSR count). The summed E-state index contributed by atoms with van der Waals surface area (Å²) in [5.74, 6) is 0.322. The number of nitrogens with one attached hydrogen (secondary N) is 2. The number of benzene rings is 1. The first kappa shape index (κ1) is 28.2. The van der Waals surface area contributed by atoms with Crippen molar-refractivity contribution in [3.8, 4) is 0 Å². The fourth-order valence-corrected chi connectivity index (χ4v) is 5.27. The second-order valence-corrected chi connectivity index (χ2v) is 11.1. The number of carbonyl (C=O) groups excluding carboxylic acids is 2. The van der Waals surface area contributed by atoms with Crippen LogP contribution in [0.4, 0.5) is 21.7 Å². The highest BCUT2D eigenvalue weighted by Crippen LogP contribution is 2.30. The Labute approximate surface area is 229 Å². The second-order valence-electron chi connectivity index (χ2n) is 8.51. The standard InChI is InChI=1S/C24H29N7O6S2/c1-4-36-21(32)19-14(3)27-23(38-19)30-22-28-18-10-11-31(24(33)37-5-2)13-17(18)20(29-22)26-12-15-6-8-16(9-7-15)39(25,34)35/h6-9H,4-5,10-13H2,1-3H3,(H2,25,34,35)(H2,26,27,28,29,30). The Hall–Kier alpha value is -3.82. The van der Waals surface area contributed by atoms with E-state index < -0.39 is 22.1 Å². The molecule has 0 spiro atoms. The summed E-state index contributed by atoms with van der Waals surface area (Å²) in [4.78, 5) is 40.3. The van der Waals surface area contributed by atoms with Crippen LogP contribution in [0.1, 0.15) is 46.0 Å². The molecule has 13 nitrogen and oxygen atoms in total. The van der Waals surface area contributed by atoms with E-state index in [4.69, 9.17) is 14.6 Å². The van der Waals surface area contributed by atoms with Gasteiger partial charge in [-0.1, -0.05) is 23.5 Å². The number of anilines is 3. The lowest BCUT2D eigenvalue weighted by Gasteiger charge is -2.29. The molecule has 1 aromatic carbocycles. The van der Waals surface area contributed by atoms with Crippen molar-refractivity contribution in [3.05, 3.63) is 51.7 Å². The molecule has 39 heavy (non-hydrogen) atoms. The van der Waals surface area contributed by atoms with Gasteiger partial charge in [0, 0.05) is 25.1 Å². The Morgan fingerprint density at radius 2 is 1.82 bits per heavy atom. The number of thiazole rings is 1. The molecule has 208 valence electrons. The minimum absolute atomic E-state index is 0.0168. The molecule has 0 saturated carbocycles. The lowest BCUT2D eigenvalue weighted by atomic mass is 10.1. The average Bonchev–Trinajstić information content (AvgIpc) is 3.26. The number of esters is 1. The van der Waals surface area contributed by atoms with Gasteiger partial charge in [0.15, 0.2) is 5.13 Å². The van der Waals surface area contributed by atoms with Gasteiger partial charge in [-0.2, -0.15) is 4.98 Å². The van der Waals surface area contributed by atoms with Crippen LogP contribution in [0, 0.1) is 6.92 Å². The number of primary sulfonamides is 1. The first-order valence-corrected chi connectivity index (χ1v) is 14.5. The normalized spacial score (nSPS) is 13.0. The molecule has 1 aliphatic heterocycles. The number of sulfonamides is 1. The van der Waals surface area contributed by atoms with Crippen molar-refractivity contribution in [3.63, 3.8) is 0 Å². The van der Waals surface area contributed by atoms with Crippen LogP contribution < -0.4 is 15.8 Å². The molecule has 4 N–H and O–H groups in total. The van der Waals surface area contributed by atoms with Gasteiger partial charge in [-0.3, -0.25) is 5.32 Å². The van der Waals surface area contributed by atoms with E-state index in [1.807, 2.05) is 0 Å². The van der Waals surface area contributed by atoms with Gasteiger partial charge >= 0.3 is 12.1 Å². The topological polar surface area (TPSA) is 179 Å². The molecule has 0 fully saturated rings. The van der Waals surface area contributed by atoms with Gasteiger partial charge in [0.25, 0.3) is 0 Å². The number of hydrogen-bond acceptors (Lipinski definition) is 12. The van der Waals surface area contributed by atoms with Gasteiger partial charge in [-0.25, -0.2) is 33.1 Å². The summed E-state index contributed by atoms with van der Waals surface area (Å²) in [6, 6.07) is 6.17. The van der Waals surface area contributed by atoms with Crippen LogP contribution >= 0.6 is 11.3 Å². The minimum atomic E-state index is -3.80. The maximum Gasteiger partial charge on any atom is 0.410 e. The third-order valence-corrected chi connectivity index (χ3v) is 7.76. The summed E-state index contributed by atoms with van der Waals surface area (Å²) in [5, 5.41) is 12.0. The maximum absolute atomic E-state index is 12.4. The summed E-state index contributed by atoms with van der Waals surface area (Å²) in [5.41, 5.74) is 2.81. The van der Waals surface area contributed by atoms with Crippen molar-refractivity contribution in [2.45, 2.75) is 45.2 Å². The Morgan fingerprint density at radius 3 is 2.49 bits per heavy atom. The van der Waals surface area contributed by atoms with Crippen LogP contribution in [-0.4, -0.2) is 60.1 Å². The summed E-state index contributed by atoms with van der Waals surface area (Å²) in [7, 11) is -3.80. The van der Waals surface area contributed by atoms with Gasteiger partial charge in [0.05, 0.1) is 36.0 Å². The lowest BCUT2D eigenvalue weighted by molar-refractivity contribution is 0.0531. The van der Waals surface area contributed by atoms with E-state index in [9.17, 15) is 18.0 Å². The number of aromatic nitrogens is 3. The van der Waals surface area contributed by atoms with Crippen LogP contribution in [0.5, 0.6) is 0 Å². The number of rotatable bonds is 9. The van der Waals surface area contributed by atoms with Crippen molar-refractivity contribution >= 4 is 50.3 Å². The van der Waals surface area contributed by atoms with Crippen molar-refractivity contribution < 1.29 is 27.5 Å². The summed E-state index contributed by atoms with van der Waals surface area (Å²) in [6.45, 7) is 6.73. The van der Waals surface area contributed by atoms with Gasteiger partial charge in [0.1, 0.15) is 10.7 Å². The third kappa shape index (κ3) is 6.79. The van der Waals surface area contributed by atoms with Crippen molar-refractivity contribution in [1.82, 2.24) is 19.9 Å². The number of hydrogen-bond donors (Lipinski definition) is 3. The van der Waals surface area contributed by atoms with E-state index in [0.29, 0.717) is 41.0 Å². The molecule has 3 aromatic rings. The monoisotopic (exact) mass is 575 g/mol. The molecule has 0 saturated heterocycles. The fourth-order valence-electron chi connectivity index (χ4n) is 3.90. The first-order valence-electron chi connectivity index (χ1n) is 12.2.